The molecule has 3 rings (SSSR count). The van der Waals surface area contributed by atoms with Crippen LogP contribution in [0.15, 0.2) is 30.3 Å². The van der Waals surface area contributed by atoms with Crippen LogP contribution in [-0.2, 0) is 25.5 Å². The highest BCUT2D eigenvalue weighted by Crippen LogP contribution is 2.34. The number of piperazine rings is 1. The quantitative estimate of drug-likeness (QED) is 0.171. The summed E-state index contributed by atoms with van der Waals surface area (Å²) in [4.78, 5) is 28.6. The van der Waals surface area contributed by atoms with Crippen LogP contribution in [0, 0.1) is 5.92 Å². The second kappa shape index (κ2) is 15.2. The number of nitrogens with one attached hydrogen (secondary N) is 2. The van der Waals surface area contributed by atoms with Crippen LogP contribution < -0.4 is 16.4 Å². The summed E-state index contributed by atoms with van der Waals surface area (Å²) in [5, 5.41) is 15.5. The van der Waals surface area contributed by atoms with Gasteiger partial charge >= 0.3 is 5.97 Å². The minimum Gasteiger partial charge on any atom is -0.445 e. The van der Waals surface area contributed by atoms with Crippen molar-refractivity contribution in [2.45, 2.75) is 67.8 Å². The van der Waals surface area contributed by atoms with E-state index in [9.17, 15) is 14.7 Å². The number of amides is 1. The average molecular weight is 560 g/mol. The molecule has 1 saturated carbocycles. The number of hydrogen-bond acceptors (Lipinski definition) is 8. The third-order valence-corrected chi connectivity index (χ3v) is 7.90. The van der Waals surface area contributed by atoms with E-state index < -0.39 is 53.0 Å². The summed E-state index contributed by atoms with van der Waals surface area (Å²) in [5.74, 6) is -1.90. The lowest BCUT2D eigenvalue weighted by molar-refractivity contribution is -0.162. The van der Waals surface area contributed by atoms with Gasteiger partial charge in [0.15, 0.2) is 6.23 Å². The van der Waals surface area contributed by atoms with E-state index >= 15 is 0 Å². The fourth-order valence-corrected chi connectivity index (χ4v) is 5.67. The molecule has 37 heavy (non-hydrogen) atoms. The monoisotopic (exact) mass is 558 g/mol. The predicted molar refractivity (Wildman–Crippen MR) is 143 cm³/mol. The highest BCUT2D eigenvalue weighted by Gasteiger charge is 2.46. The van der Waals surface area contributed by atoms with Gasteiger partial charge in [0.25, 0.3) is 0 Å². The van der Waals surface area contributed by atoms with Crippen LogP contribution in [0.1, 0.15) is 31.7 Å². The highest BCUT2D eigenvalue weighted by molar-refractivity contribution is 6.25. The Labute approximate surface area is 229 Å². The third kappa shape index (κ3) is 8.78. The molecule has 1 saturated heterocycles. The molecule has 0 radical (unpaired) electrons. The van der Waals surface area contributed by atoms with Gasteiger partial charge in [0.05, 0.1) is 28.9 Å². The van der Waals surface area contributed by atoms with Crippen molar-refractivity contribution in [1.82, 2.24) is 15.5 Å². The Morgan fingerprint density at radius 3 is 2.59 bits per heavy atom. The maximum absolute atomic E-state index is 13.3. The molecule has 1 aliphatic heterocycles. The maximum Gasteiger partial charge on any atom is 0.330 e. The molecule has 6 unspecified atom stereocenters. The number of halogens is 2. The number of esters is 1. The molecule has 0 spiro atoms. The smallest absolute Gasteiger partial charge is 0.330 e. The van der Waals surface area contributed by atoms with Gasteiger partial charge in [0.2, 0.25) is 5.91 Å². The van der Waals surface area contributed by atoms with Crippen molar-refractivity contribution in [3.63, 3.8) is 0 Å². The van der Waals surface area contributed by atoms with E-state index in [1.807, 2.05) is 37.3 Å². The highest BCUT2D eigenvalue weighted by atomic mass is 35.5. The molecule has 11 heteroatoms. The minimum absolute atomic E-state index is 0.170. The Kier molecular flexibility index (Phi) is 12.4. The Bertz CT molecular complexity index is 846. The molecule has 1 aromatic carbocycles. The van der Waals surface area contributed by atoms with E-state index in [-0.39, 0.29) is 12.8 Å². The Morgan fingerprint density at radius 1 is 1.22 bits per heavy atom. The third-order valence-electron chi connectivity index (χ3n) is 6.97. The molecule has 208 valence electrons. The number of unbranched alkanes of at least 4 members (excludes halogenated alkanes) is 1. The summed E-state index contributed by atoms with van der Waals surface area (Å²) in [7, 11) is 0. The van der Waals surface area contributed by atoms with Gasteiger partial charge in [-0.1, -0.05) is 30.3 Å². The van der Waals surface area contributed by atoms with E-state index in [0.717, 1.165) is 44.6 Å². The zero-order chi connectivity index (χ0) is 26.8. The number of ether oxygens (including phenoxy) is 2. The number of hydrogen-bond donors (Lipinski definition) is 4. The molecular weight excluding hydrogens is 519 g/mol. The zero-order valence-corrected chi connectivity index (χ0v) is 22.9. The molecule has 2 fully saturated rings. The number of carbonyl (C=O) groups is 2. The van der Waals surface area contributed by atoms with Crippen molar-refractivity contribution in [1.29, 1.82) is 0 Å². The molecule has 0 aromatic heterocycles. The Morgan fingerprint density at radius 2 is 1.92 bits per heavy atom. The first kappa shape index (κ1) is 30.1. The second-order valence-corrected chi connectivity index (χ2v) is 10.8. The second-order valence-electron chi connectivity index (χ2n) is 9.70. The first-order chi connectivity index (χ1) is 17.8. The molecular formula is C26H40Cl2N4O5. The zero-order valence-electron chi connectivity index (χ0n) is 21.4. The summed E-state index contributed by atoms with van der Waals surface area (Å²) in [6, 6.07) is 8.47. The standard InChI is InChI=1S/C26H40Cl2N4O5/c1-17(32-12-10-30-11-13-32)37-26(35)21(15-18-7-3-2-4-8-18)31-25(34)19-16-20(27)24(22(28)23(19)33)36-14-6-5-9-29/h2-4,7-8,17,19-24,30,33H,5-6,9-16,29H2,1H3,(H,31,34)/t17?,19?,20?,21-,22?,23?,24?/m0/s1. The summed E-state index contributed by atoms with van der Waals surface area (Å²) in [6.07, 6.45) is -0.202. The van der Waals surface area contributed by atoms with Crippen LogP contribution in [-0.4, -0.2) is 96.4 Å². The molecule has 2 aliphatic rings. The first-order valence-electron chi connectivity index (χ1n) is 13.1. The molecule has 1 amide bonds. The van der Waals surface area contributed by atoms with Gasteiger partial charge in [0.1, 0.15) is 6.04 Å². The number of rotatable bonds is 12. The molecule has 7 atom stereocenters. The summed E-state index contributed by atoms with van der Waals surface area (Å²) < 4.78 is 11.6. The number of nitrogens with zero attached hydrogens (tertiary/aromatic N) is 1. The van der Waals surface area contributed by atoms with E-state index in [2.05, 4.69) is 15.5 Å². The Hall–Kier alpha value is -1.46. The summed E-state index contributed by atoms with van der Waals surface area (Å²) in [6.45, 7) is 6.00. The van der Waals surface area contributed by atoms with Gasteiger partial charge in [-0.2, -0.15) is 0 Å². The van der Waals surface area contributed by atoms with Crippen molar-refractivity contribution in [3.8, 4) is 0 Å². The van der Waals surface area contributed by atoms with Crippen LogP contribution >= 0.6 is 23.2 Å². The number of alkyl halides is 2. The Balaban J connectivity index is 1.65. The van der Waals surface area contributed by atoms with Gasteiger partial charge in [0, 0.05) is 39.2 Å². The fraction of sp³-hybridized carbons (Fsp3) is 0.692. The van der Waals surface area contributed by atoms with Crippen molar-refractivity contribution in [2.24, 2.45) is 11.7 Å². The molecule has 0 bridgehead atoms. The van der Waals surface area contributed by atoms with E-state index in [1.165, 1.54) is 0 Å². The molecule has 9 nitrogen and oxygen atoms in total. The summed E-state index contributed by atoms with van der Waals surface area (Å²) in [5.41, 5.74) is 6.40. The lowest BCUT2D eigenvalue weighted by Crippen LogP contribution is -2.57. The maximum atomic E-state index is 13.3. The van der Waals surface area contributed by atoms with Crippen molar-refractivity contribution in [3.05, 3.63) is 35.9 Å². The fourth-order valence-electron chi connectivity index (χ4n) is 4.75. The molecule has 1 aromatic rings. The normalized spacial score (nSPS) is 28.3. The van der Waals surface area contributed by atoms with E-state index in [4.69, 9.17) is 38.4 Å². The van der Waals surface area contributed by atoms with Gasteiger partial charge in [-0.05, 0) is 38.3 Å². The molecule has 5 N–H and O–H groups in total. The van der Waals surface area contributed by atoms with E-state index in [0.29, 0.717) is 13.2 Å². The van der Waals surface area contributed by atoms with Gasteiger partial charge in [-0.25, -0.2) is 4.79 Å². The van der Waals surface area contributed by atoms with Crippen LogP contribution in [0.25, 0.3) is 0 Å². The summed E-state index contributed by atoms with van der Waals surface area (Å²) >= 11 is 13.0. The topological polar surface area (TPSA) is 126 Å². The molecule has 1 aliphatic carbocycles. The molecule has 1 heterocycles. The lowest BCUT2D eigenvalue weighted by Gasteiger charge is -2.39. The number of carbonyl (C=O) groups excluding carboxylic acids is 2. The van der Waals surface area contributed by atoms with Gasteiger partial charge < -0.3 is 30.9 Å². The number of aliphatic hydroxyl groups excluding tert-OH is 1. The van der Waals surface area contributed by atoms with Crippen molar-refractivity contribution in [2.75, 3.05) is 39.3 Å². The number of nitrogens with two attached hydrogens (primary N) is 1. The largest absolute Gasteiger partial charge is 0.445 e. The van der Waals surface area contributed by atoms with Crippen molar-refractivity contribution >= 4 is 35.1 Å². The van der Waals surface area contributed by atoms with Crippen molar-refractivity contribution < 1.29 is 24.2 Å². The average Bonchev–Trinajstić information content (AvgIpc) is 2.90. The van der Waals surface area contributed by atoms with Crippen LogP contribution in [0.2, 0.25) is 0 Å². The van der Waals surface area contributed by atoms with Gasteiger partial charge in [-0.3, -0.25) is 9.69 Å². The van der Waals surface area contributed by atoms with Crippen LogP contribution in [0.3, 0.4) is 0 Å². The van der Waals surface area contributed by atoms with Crippen LogP contribution in [0.5, 0.6) is 0 Å². The number of benzene rings is 1. The van der Waals surface area contributed by atoms with E-state index in [1.54, 1.807) is 0 Å². The number of aliphatic hydroxyl groups is 1. The predicted octanol–water partition coefficient (Wildman–Crippen LogP) is 1.23. The minimum atomic E-state index is -1.18. The lowest BCUT2D eigenvalue weighted by atomic mass is 9.83. The van der Waals surface area contributed by atoms with Gasteiger partial charge in [-0.15, -0.1) is 23.2 Å². The SMILES string of the molecule is CC(OC(=O)[C@H](Cc1ccccc1)NC(=O)C1CC(Cl)C(OCCCCN)C(Cl)C1O)N1CCNCC1. The first-order valence-corrected chi connectivity index (χ1v) is 14.0. The van der Waals surface area contributed by atoms with Crippen LogP contribution in [0.4, 0.5) is 0 Å².